The van der Waals surface area contributed by atoms with Crippen LogP contribution in [-0.2, 0) is 0 Å². The minimum Gasteiger partial charge on any atom is -0.490 e. The highest BCUT2D eigenvalue weighted by molar-refractivity contribution is 5.95. The first-order valence-electron chi connectivity index (χ1n) is 9.56. The van der Waals surface area contributed by atoms with Gasteiger partial charge in [0.25, 0.3) is 5.91 Å². The van der Waals surface area contributed by atoms with Gasteiger partial charge in [-0.05, 0) is 43.8 Å². The van der Waals surface area contributed by atoms with Gasteiger partial charge >= 0.3 is 5.69 Å². The molecule has 1 aliphatic rings. The maximum absolute atomic E-state index is 12.6. The van der Waals surface area contributed by atoms with Gasteiger partial charge in [-0.1, -0.05) is 12.1 Å². The molecular formula is C21H26N4O4. The first-order valence-corrected chi connectivity index (χ1v) is 9.56. The Morgan fingerprint density at radius 2 is 1.79 bits per heavy atom. The minimum atomic E-state index is -0.559. The van der Waals surface area contributed by atoms with Crippen LogP contribution >= 0.6 is 0 Å². The minimum absolute atomic E-state index is 0.124. The molecule has 2 aromatic carbocycles. The van der Waals surface area contributed by atoms with E-state index in [4.69, 9.17) is 4.74 Å². The van der Waals surface area contributed by atoms with Gasteiger partial charge in [0, 0.05) is 43.5 Å². The van der Waals surface area contributed by atoms with Gasteiger partial charge in [0.2, 0.25) is 0 Å². The number of methoxy groups -OCH3 is 1. The van der Waals surface area contributed by atoms with Crippen LogP contribution in [0.15, 0.2) is 42.5 Å². The highest BCUT2D eigenvalue weighted by atomic mass is 16.6. The molecular weight excluding hydrogens is 372 g/mol. The standard InChI is InChI=1S/C21H26N4O4/c1-15(16-4-7-18(8-5-16)24-12-10-23(2)11-13-24)22-21(26)17-6-9-20(29-3)19(14-17)25(27)28/h4-9,14-15H,10-13H2,1-3H3,(H,22,26). The fraction of sp³-hybridized carbons (Fsp3) is 0.381. The number of nitrogens with one attached hydrogen (secondary N) is 1. The molecule has 1 saturated heterocycles. The Labute approximate surface area is 170 Å². The largest absolute Gasteiger partial charge is 0.490 e. The number of ether oxygens (including phenoxy) is 1. The third-order valence-electron chi connectivity index (χ3n) is 5.25. The van der Waals surface area contributed by atoms with Crippen molar-refractivity contribution in [3.05, 3.63) is 63.7 Å². The quantitative estimate of drug-likeness (QED) is 0.595. The monoisotopic (exact) mass is 398 g/mol. The summed E-state index contributed by atoms with van der Waals surface area (Å²) >= 11 is 0. The lowest BCUT2D eigenvalue weighted by molar-refractivity contribution is -0.385. The van der Waals surface area contributed by atoms with Gasteiger partial charge in [-0.25, -0.2) is 0 Å². The maximum Gasteiger partial charge on any atom is 0.311 e. The number of hydrogen-bond acceptors (Lipinski definition) is 6. The van der Waals surface area contributed by atoms with Crippen molar-refractivity contribution in [3.8, 4) is 5.75 Å². The second-order valence-corrected chi connectivity index (χ2v) is 7.22. The molecule has 0 radical (unpaired) electrons. The topological polar surface area (TPSA) is 88.0 Å². The van der Waals surface area contributed by atoms with E-state index in [9.17, 15) is 14.9 Å². The number of piperazine rings is 1. The first kappa shape index (κ1) is 20.6. The summed E-state index contributed by atoms with van der Waals surface area (Å²) in [6, 6.07) is 12.1. The van der Waals surface area contributed by atoms with Crippen LogP contribution in [0.25, 0.3) is 0 Å². The molecule has 3 rings (SSSR count). The summed E-state index contributed by atoms with van der Waals surface area (Å²) in [5.41, 5.74) is 2.13. The molecule has 1 atom stereocenters. The van der Waals surface area contributed by atoms with Crippen molar-refractivity contribution in [3.63, 3.8) is 0 Å². The SMILES string of the molecule is COc1ccc(C(=O)NC(C)c2ccc(N3CCN(C)CC3)cc2)cc1[N+](=O)[O-]. The average Bonchev–Trinajstić information content (AvgIpc) is 2.73. The fourth-order valence-electron chi connectivity index (χ4n) is 3.38. The molecule has 1 heterocycles. The number of likely N-dealkylation sites (N-methyl/N-ethyl adjacent to an activating group) is 1. The fourth-order valence-corrected chi connectivity index (χ4v) is 3.38. The zero-order valence-corrected chi connectivity index (χ0v) is 16.9. The lowest BCUT2D eigenvalue weighted by Crippen LogP contribution is -2.44. The van der Waals surface area contributed by atoms with Gasteiger partial charge in [-0.15, -0.1) is 0 Å². The number of anilines is 1. The zero-order valence-electron chi connectivity index (χ0n) is 16.9. The Hall–Kier alpha value is -3.13. The molecule has 0 bridgehead atoms. The maximum atomic E-state index is 12.6. The van der Waals surface area contributed by atoms with Crippen molar-refractivity contribution in [1.82, 2.24) is 10.2 Å². The Balaban J connectivity index is 1.66. The number of nitrogens with zero attached hydrogens (tertiary/aromatic N) is 3. The second kappa shape index (κ2) is 8.91. The number of amides is 1. The predicted octanol–water partition coefficient (Wildman–Crippen LogP) is 2.85. The van der Waals surface area contributed by atoms with Crippen LogP contribution in [0.1, 0.15) is 28.9 Å². The molecule has 8 nitrogen and oxygen atoms in total. The van der Waals surface area contributed by atoms with E-state index in [0.717, 1.165) is 31.7 Å². The molecule has 0 aliphatic carbocycles. The van der Waals surface area contributed by atoms with Crippen LogP contribution in [-0.4, -0.2) is 56.1 Å². The normalized spacial score (nSPS) is 15.6. The van der Waals surface area contributed by atoms with Crippen LogP contribution in [0, 0.1) is 10.1 Å². The highest BCUT2D eigenvalue weighted by Gasteiger charge is 2.20. The van der Waals surface area contributed by atoms with Gasteiger partial charge in [-0.2, -0.15) is 0 Å². The number of nitro benzene ring substituents is 1. The molecule has 1 aliphatic heterocycles. The van der Waals surface area contributed by atoms with Gasteiger partial charge < -0.3 is 19.9 Å². The predicted molar refractivity (Wildman–Crippen MR) is 112 cm³/mol. The molecule has 1 amide bonds. The Morgan fingerprint density at radius 1 is 1.14 bits per heavy atom. The van der Waals surface area contributed by atoms with E-state index in [-0.39, 0.29) is 28.9 Å². The summed E-state index contributed by atoms with van der Waals surface area (Å²) in [5.74, 6) is -0.245. The van der Waals surface area contributed by atoms with E-state index in [1.165, 1.54) is 31.0 Å². The molecule has 1 unspecified atom stereocenters. The molecule has 154 valence electrons. The third kappa shape index (κ3) is 4.83. The third-order valence-corrected chi connectivity index (χ3v) is 5.25. The van der Waals surface area contributed by atoms with Gasteiger partial charge in [0.1, 0.15) is 0 Å². The summed E-state index contributed by atoms with van der Waals surface area (Å²) in [6.07, 6.45) is 0. The van der Waals surface area contributed by atoms with E-state index < -0.39 is 4.92 Å². The molecule has 2 aromatic rings. The molecule has 1 fully saturated rings. The molecule has 0 spiro atoms. The van der Waals surface area contributed by atoms with Crippen molar-refractivity contribution in [2.45, 2.75) is 13.0 Å². The molecule has 0 aromatic heterocycles. The van der Waals surface area contributed by atoms with E-state index in [1.54, 1.807) is 0 Å². The number of rotatable bonds is 6. The number of carbonyl (C=O) groups excluding carboxylic acids is 1. The van der Waals surface area contributed by atoms with E-state index in [0.29, 0.717) is 0 Å². The van der Waals surface area contributed by atoms with E-state index in [1.807, 2.05) is 19.1 Å². The van der Waals surface area contributed by atoms with Gasteiger partial charge in [-0.3, -0.25) is 14.9 Å². The Kier molecular flexibility index (Phi) is 6.33. The lowest BCUT2D eigenvalue weighted by atomic mass is 10.1. The number of carbonyl (C=O) groups is 1. The highest BCUT2D eigenvalue weighted by Crippen LogP contribution is 2.28. The number of nitro groups is 1. The smallest absolute Gasteiger partial charge is 0.311 e. The number of benzene rings is 2. The molecule has 29 heavy (non-hydrogen) atoms. The van der Waals surface area contributed by atoms with Crippen LogP contribution in [0.3, 0.4) is 0 Å². The van der Waals surface area contributed by atoms with E-state index >= 15 is 0 Å². The summed E-state index contributed by atoms with van der Waals surface area (Å²) in [5, 5.41) is 14.1. The molecule has 1 N–H and O–H groups in total. The van der Waals surface area contributed by atoms with Crippen LogP contribution in [0.2, 0.25) is 0 Å². The molecule has 0 saturated carbocycles. The summed E-state index contributed by atoms with van der Waals surface area (Å²) in [7, 11) is 3.48. The molecule has 8 heteroatoms. The summed E-state index contributed by atoms with van der Waals surface area (Å²) < 4.78 is 4.98. The van der Waals surface area contributed by atoms with Crippen LogP contribution < -0.4 is 15.0 Å². The lowest BCUT2D eigenvalue weighted by Gasteiger charge is -2.34. The van der Waals surface area contributed by atoms with Crippen molar-refractivity contribution >= 4 is 17.3 Å². The average molecular weight is 398 g/mol. The van der Waals surface area contributed by atoms with Crippen molar-refractivity contribution in [1.29, 1.82) is 0 Å². The van der Waals surface area contributed by atoms with Crippen LogP contribution in [0.4, 0.5) is 11.4 Å². The second-order valence-electron chi connectivity index (χ2n) is 7.22. The first-order chi connectivity index (χ1) is 13.9. The summed E-state index contributed by atoms with van der Waals surface area (Å²) in [4.78, 5) is 27.8. The Bertz CT molecular complexity index is 877. The Morgan fingerprint density at radius 3 is 2.38 bits per heavy atom. The van der Waals surface area contributed by atoms with Crippen molar-refractivity contribution in [2.24, 2.45) is 0 Å². The zero-order chi connectivity index (χ0) is 21.0. The number of hydrogen-bond donors (Lipinski definition) is 1. The van der Waals surface area contributed by atoms with Gasteiger partial charge in [0.05, 0.1) is 18.1 Å². The van der Waals surface area contributed by atoms with Crippen LogP contribution in [0.5, 0.6) is 5.75 Å². The van der Waals surface area contributed by atoms with Crippen molar-refractivity contribution < 1.29 is 14.5 Å². The summed E-state index contributed by atoms with van der Waals surface area (Å²) in [6.45, 7) is 5.97. The van der Waals surface area contributed by atoms with Crippen molar-refractivity contribution in [2.75, 3.05) is 45.2 Å². The van der Waals surface area contributed by atoms with E-state index in [2.05, 4.69) is 34.3 Å². The van der Waals surface area contributed by atoms with Gasteiger partial charge in [0.15, 0.2) is 5.75 Å².